The third-order valence-electron chi connectivity index (χ3n) is 6.68. The average Bonchev–Trinajstić information content (AvgIpc) is 3.59. The zero-order chi connectivity index (χ0) is 25.7. The molecule has 2 aromatic heterocycles. The first kappa shape index (κ1) is 23.9. The monoisotopic (exact) mass is 507 g/mol. The first-order valence-electron chi connectivity index (χ1n) is 12.7. The third-order valence-corrected chi connectivity index (χ3v) is 6.68. The molecule has 1 amide bonds. The minimum atomic E-state index is -0.229. The van der Waals surface area contributed by atoms with Crippen molar-refractivity contribution in [3.8, 4) is 11.5 Å². The molecule has 0 atom stereocenters. The van der Waals surface area contributed by atoms with Crippen LogP contribution in [-0.2, 0) is 17.8 Å². The zero-order valence-corrected chi connectivity index (χ0v) is 20.9. The van der Waals surface area contributed by atoms with E-state index in [-0.39, 0.29) is 5.91 Å². The lowest BCUT2D eigenvalue weighted by molar-refractivity contribution is 0.0342. The van der Waals surface area contributed by atoms with Gasteiger partial charge in [-0.25, -0.2) is 4.98 Å². The van der Waals surface area contributed by atoms with E-state index in [1.54, 1.807) is 12.3 Å². The number of morpholine rings is 1. The summed E-state index contributed by atoms with van der Waals surface area (Å²) in [7, 11) is 0. The Hall–Kier alpha value is -4.47. The van der Waals surface area contributed by atoms with Gasteiger partial charge in [0.2, 0.25) is 0 Å². The quantitative estimate of drug-likeness (QED) is 0.243. The van der Waals surface area contributed by atoms with Crippen LogP contribution in [0, 0.1) is 0 Å². The number of nitrogens with zero attached hydrogens (tertiary/aromatic N) is 3. The van der Waals surface area contributed by atoms with Crippen LogP contribution in [0.5, 0.6) is 0 Å². The van der Waals surface area contributed by atoms with Gasteiger partial charge in [-0.15, -0.1) is 0 Å². The molecule has 3 heterocycles. The number of carbonyl (C=O) groups is 1. The van der Waals surface area contributed by atoms with Crippen molar-refractivity contribution >= 4 is 28.3 Å². The molecule has 6 rings (SSSR count). The number of fused-ring (bicyclic) bond motifs is 1. The highest BCUT2D eigenvalue weighted by atomic mass is 16.5. The van der Waals surface area contributed by atoms with Crippen molar-refractivity contribution in [3.05, 3.63) is 95.7 Å². The summed E-state index contributed by atoms with van der Waals surface area (Å²) in [6.07, 6.45) is 1.60. The van der Waals surface area contributed by atoms with Crippen LogP contribution in [-0.4, -0.2) is 57.3 Å². The van der Waals surface area contributed by atoms with Crippen LogP contribution >= 0.6 is 0 Å². The Morgan fingerprint density at radius 2 is 1.76 bits per heavy atom. The van der Waals surface area contributed by atoms with E-state index in [1.807, 2.05) is 54.6 Å². The number of aromatic nitrogens is 4. The fourth-order valence-electron chi connectivity index (χ4n) is 4.67. The lowest BCUT2D eigenvalue weighted by atomic mass is 10.1. The largest absolute Gasteiger partial charge is 0.380 e. The highest BCUT2D eigenvalue weighted by Gasteiger charge is 2.18. The number of anilines is 2. The molecular weight excluding hydrogens is 478 g/mol. The Labute approximate surface area is 220 Å². The number of ether oxygens (including phenoxy) is 1. The van der Waals surface area contributed by atoms with Crippen molar-refractivity contribution in [3.63, 3.8) is 0 Å². The van der Waals surface area contributed by atoms with E-state index < -0.39 is 0 Å². The van der Waals surface area contributed by atoms with Gasteiger partial charge in [-0.1, -0.05) is 48.5 Å². The maximum Gasteiger partial charge on any atom is 0.257 e. The van der Waals surface area contributed by atoms with Crippen LogP contribution in [0.1, 0.15) is 21.5 Å². The maximum atomic E-state index is 13.3. The van der Waals surface area contributed by atoms with E-state index in [9.17, 15) is 4.79 Å². The topological polar surface area (TPSA) is 111 Å². The second-order valence-electron chi connectivity index (χ2n) is 9.32. The molecule has 0 bridgehead atoms. The number of rotatable bonds is 8. The smallest absolute Gasteiger partial charge is 0.257 e. The zero-order valence-electron chi connectivity index (χ0n) is 20.9. The van der Waals surface area contributed by atoms with Crippen LogP contribution in [0.4, 0.5) is 11.4 Å². The van der Waals surface area contributed by atoms with Gasteiger partial charge in [-0.05, 0) is 35.4 Å². The van der Waals surface area contributed by atoms with Crippen LogP contribution < -0.4 is 10.6 Å². The summed E-state index contributed by atoms with van der Waals surface area (Å²) in [6.45, 7) is 4.92. The molecule has 3 aromatic carbocycles. The van der Waals surface area contributed by atoms with Gasteiger partial charge < -0.3 is 20.4 Å². The third kappa shape index (κ3) is 5.29. The average molecular weight is 508 g/mol. The summed E-state index contributed by atoms with van der Waals surface area (Å²) < 4.78 is 5.46. The SMILES string of the molecule is O=C(Nc1cn[nH]c1-c1nc2ccc(CN3CCOCC3)cc2[nH]1)c1ccccc1NCc1ccccc1. The maximum absolute atomic E-state index is 13.3. The highest BCUT2D eigenvalue weighted by molar-refractivity contribution is 6.09. The predicted octanol–water partition coefficient (Wildman–Crippen LogP) is 4.65. The van der Waals surface area contributed by atoms with Gasteiger partial charge in [-0.2, -0.15) is 5.10 Å². The molecule has 0 saturated carbocycles. The predicted molar refractivity (Wildman–Crippen MR) is 148 cm³/mol. The van der Waals surface area contributed by atoms with Gasteiger partial charge in [0, 0.05) is 31.9 Å². The molecule has 0 aliphatic carbocycles. The fourth-order valence-corrected chi connectivity index (χ4v) is 4.67. The van der Waals surface area contributed by atoms with Gasteiger partial charge in [0.15, 0.2) is 5.82 Å². The minimum absolute atomic E-state index is 0.229. The van der Waals surface area contributed by atoms with Crippen LogP contribution in [0.25, 0.3) is 22.6 Å². The molecule has 9 heteroatoms. The van der Waals surface area contributed by atoms with E-state index in [0.717, 1.165) is 55.1 Å². The fraction of sp³-hybridized carbons (Fsp3) is 0.207. The summed E-state index contributed by atoms with van der Waals surface area (Å²) in [5.41, 5.74) is 6.63. The normalized spacial score (nSPS) is 14.0. The molecule has 5 aromatic rings. The molecule has 192 valence electrons. The van der Waals surface area contributed by atoms with E-state index in [4.69, 9.17) is 9.72 Å². The Morgan fingerprint density at radius 1 is 0.947 bits per heavy atom. The first-order chi connectivity index (χ1) is 18.7. The second-order valence-corrected chi connectivity index (χ2v) is 9.32. The van der Waals surface area contributed by atoms with Crippen molar-refractivity contribution in [1.29, 1.82) is 0 Å². The van der Waals surface area contributed by atoms with Crippen LogP contribution in [0.2, 0.25) is 0 Å². The molecular formula is C29H29N7O2. The van der Waals surface area contributed by atoms with E-state index in [0.29, 0.717) is 29.3 Å². The molecule has 4 N–H and O–H groups in total. The van der Waals surface area contributed by atoms with Crippen molar-refractivity contribution in [2.45, 2.75) is 13.1 Å². The second kappa shape index (κ2) is 10.9. The van der Waals surface area contributed by atoms with Gasteiger partial charge in [-0.3, -0.25) is 14.8 Å². The number of imidazole rings is 1. The Morgan fingerprint density at radius 3 is 2.63 bits per heavy atom. The Bertz CT molecular complexity index is 1540. The van der Waals surface area contributed by atoms with Crippen molar-refractivity contribution in [1.82, 2.24) is 25.1 Å². The molecule has 38 heavy (non-hydrogen) atoms. The lowest BCUT2D eigenvalue weighted by Crippen LogP contribution is -2.35. The van der Waals surface area contributed by atoms with Crippen LogP contribution in [0.15, 0.2) is 79.0 Å². The lowest BCUT2D eigenvalue weighted by Gasteiger charge is -2.26. The molecule has 1 fully saturated rings. The number of carbonyl (C=O) groups excluding carboxylic acids is 1. The van der Waals surface area contributed by atoms with E-state index >= 15 is 0 Å². The number of nitrogens with one attached hydrogen (secondary N) is 4. The van der Waals surface area contributed by atoms with Gasteiger partial charge >= 0.3 is 0 Å². The van der Waals surface area contributed by atoms with E-state index in [2.05, 4.69) is 42.8 Å². The Kier molecular flexibility index (Phi) is 6.84. The van der Waals surface area contributed by atoms with Crippen LogP contribution in [0.3, 0.4) is 0 Å². The summed E-state index contributed by atoms with van der Waals surface area (Å²) in [4.78, 5) is 23.8. The molecule has 9 nitrogen and oxygen atoms in total. The van der Waals surface area contributed by atoms with Gasteiger partial charge in [0.05, 0.1) is 41.7 Å². The minimum Gasteiger partial charge on any atom is -0.380 e. The van der Waals surface area contributed by atoms with Gasteiger partial charge in [0.1, 0.15) is 5.69 Å². The first-order valence-corrected chi connectivity index (χ1v) is 12.7. The molecule has 1 saturated heterocycles. The summed E-state index contributed by atoms with van der Waals surface area (Å²) in [5, 5.41) is 13.5. The number of hydrogen-bond donors (Lipinski definition) is 4. The molecule has 1 aliphatic heterocycles. The van der Waals surface area contributed by atoms with Crippen molar-refractivity contribution in [2.24, 2.45) is 0 Å². The summed E-state index contributed by atoms with van der Waals surface area (Å²) in [5.74, 6) is 0.388. The molecule has 0 spiro atoms. The van der Waals surface area contributed by atoms with E-state index in [1.165, 1.54) is 5.56 Å². The standard InChI is InChI=1S/C29H29N7O2/c37-29(22-8-4-5-9-23(22)30-17-20-6-2-1-3-7-20)34-26-18-31-35-27(26)28-32-24-11-10-21(16-25(24)33-28)19-36-12-14-38-15-13-36/h1-11,16,18,30H,12-15,17,19H2,(H,31,35)(H,32,33)(H,34,37). The molecule has 0 unspecified atom stereocenters. The van der Waals surface area contributed by atoms with Crippen molar-refractivity contribution < 1.29 is 9.53 Å². The number of hydrogen-bond acceptors (Lipinski definition) is 6. The Balaban J connectivity index is 1.19. The summed E-state index contributed by atoms with van der Waals surface area (Å²) in [6, 6.07) is 23.8. The number of benzene rings is 3. The number of aromatic amines is 2. The molecule has 0 radical (unpaired) electrons. The van der Waals surface area contributed by atoms with Crippen molar-refractivity contribution in [2.75, 3.05) is 36.9 Å². The number of para-hydroxylation sites is 1. The highest BCUT2D eigenvalue weighted by Crippen LogP contribution is 2.27. The van der Waals surface area contributed by atoms with Gasteiger partial charge in [0.25, 0.3) is 5.91 Å². The number of H-pyrrole nitrogens is 2. The summed E-state index contributed by atoms with van der Waals surface area (Å²) >= 11 is 0. The number of amides is 1. The molecule has 1 aliphatic rings.